The number of aromatic nitrogens is 2. The number of nitrogens with zero attached hydrogens (tertiary/aromatic N) is 3. The molecule has 2 N–H and O–H groups in total. The van der Waals surface area contributed by atoms with Gasteiger partial charge in [0.25, 0.3) is 0 Å². The van der Waals surface area contributed by atoms with Crippen LogP contribution >= 0.6 is 0 Å². The van der Waals surface area contributed by atoms with E-state index in [2.05, 4.69) is 5.10 Å². The molecule has 0 saturated carbocycles. The second-order valence-corrected chi connectivity index (χ2v) is 7.73. The molecule has 3 rings (SSSR count). The lowest BCUT2D eigenvalue weighted by atomic mass is 10.2. The average Bonchev–Trinajstić information content (AvgIpc) is 2.92. The van der Waals surface area contributed by atoms with Gasteiger partial charge in [-0.2, -0.15) is 9.40 Å². The maximum atomic E-state index is 12.5. The molecule has 3 aromatic rings. The van der Waals surface area contributed by atoms with Crippen LogP contribution in [0.3, 0.4) is 0 Å². The van der Waals surface area contributed by atoms with Gasteiger partial charge in [-0.05, 0) is 29.8 Å². The number of para-hydroxylation sites is 1. The standard InChI is InChI=1S/C18H22N4O2S/c1-3-21(4-2)25(23,24)15-11-9-14(10-12-15)13-22-17-8-6-5-7-16(17)18(19)20-22/h5-12H,3-4,13H2,1-2H3,(H2,19,20). The summed E-state index contributed by atoms with van der Waals surface area (Å²) in [7, 11) is -3.43. The molecule has 6 nitrogen and oxygen atoms in total. The van der Waals surface area contributed by atoms with Crippen LogP contribution in [0.25, 0.3) is 10.9 Å². The fraction of sp³-hybridized carbons (Fsp3) is 0.278. The van der Waals surface area contributed by atoms with E-state index in [1.165, 1.54) is 4.31 Å². The minimum atomic E-state index is -3.43. The normalized spacial score (nSPS) is 12.1. The topological polar surface area (TPSA) is 81.2 Å². The fourth-order valence-electron chi connectivity index (χ4n) is 2.93. The number of hydrogen-bond donors (Lipinski definition) is 1. The van der Waals surface area contributed by atoms with Gasteiger partial charge in [0.15, 0.2) is 5.82 Å². The first-order valence-electron chi connectivity index (χ1n) is 8.27. The van der Waals surface area contributed by atoms with Crippen LogP contribution in [-0.2, 0) is 16.6 Å². The van der Waals surface area contributed by atoms with Crippen molar-refractivity contribution in [3.05, 3.63) is 54.1 Å². The lowest BCUT2D eigenvalue weighted by Crippen LogP contribution is -2.30. The molecule has 0 bridgehead atoms. The number of rotatable bonds is 6. The smallest absolute Gasteiger partial charge is 0.243 e. The van der Waals surface area contributed by atoms with Crippen molar-refractivity contribution in [1.82, 2.24) is 14.1 Å². The fourth-order valence-corrected chi connectivity index (χ4v) is 4.38. The Balaban J connectivity index is 1.88. The first-order chi connectivity index (χ1) is 12.0. The third-order valence-electron chi connectivity index (χ3n) is 4.29. The van der Waals surface area contributed by atoms with Gasteiger partial charge in [-0.1, -0.05) is 38.1 Å². The Morgan fingerprint density at radius 3 is 2.32 bits per heavy atom. The number of nitrogens with two attached hydrogens (primary N) is 1. The maximum Gasteiger partial charge on any atom is 0.243 e. The predicted octanol–water partition coefficient (Wildman–Crippen LogP) is 2.70. The maximum absolute atomic E-state index is 12.5. The number of anilines is 1. The molecule has 0 amide bonds. The van der Waals surface area contributed by atoms with Crippen molar-refractivity contribution in [2.45, 2.75) is 25.3 Å². The lowest BCUT2D eigenvalue weighted by Gasteiger charge is -2.18. The number of sulfonamides is 1. The summed E-state index contributed by atoms with van der Waals surface area (Å²) in [5, 5.41) is 5.30. The van der Waals surface area contributed by atoms with E-state index in [-0.39, 0.29) is 0 Å². The Labute approximate surface area is 147 Å². The predicted molar refractivity (Wildman–Crippen MR) is 99.8 cm³/mol. The molecule has 0 saturated heterocycles. The molecular weight excluding hydrogens is 336 g/mol. The summed E-state index contributed by atoms with van der Waals surface area (Å²) < 4.78 is 28.3. The van der Waals surface area contributed by atoms with Crippen LogP contribution in [0, 0.1) is 0 Å². The highest BCUT2D eigenvalue weighted by Gasteiger charge is 2.21. The molecular formula is C18H22N4O2S. The van der Waals surface area contributed by atoms with Crippen molar-refractivity contribution in [1.29, 1.82) is 0 Å². The Morgan fingerprint density at radius 2 is 1.68 bits per heavy atom. The Morgan fingerprint density at radius 1 is 1.04 bits per heavy atom. The first-order valence-corrected chi connectivity index (χ1v) is 9.71. The third-order valence-corrected chi connectivity index (χ3v) is 6.35. The van der Waals surface area contributed by atoms with Gasteiger partial charge >= 0.3 is 0 Å². The number of nitrogen functional groups attached to an aromatic ring is 1. The van der Waals surface area contributed by atoms with E-state index in [0.717, 1.165) is 16.5 Å². The van der Waals surface area contributed by atoms with Crippen LogP contribution in [0.1, 0.15) is 19.4 Å². The van der Waals surface area contributed by atoms with E-state index < -0.39 is 10.0 Å². The summed E-state index contributed by atoms with van der Waals surface area (Å²) in [5.74, 6) is 0.497. The summed E-state index contributed by atoms with van der Waals surface area (Å²) in [6.07, 6.45) is 0. The van der Waals surface area contributed by atoms with E-state index >= 15 is 0 Å². The Hall–Kier alpha value is -2.38. The third kappa shape index (κ3) is 3.25. The molecule has 1 heterocycles. The molecule has 0 atom stereocenters. The molecule has 0 radical (unpaired) electrons. The van der Waals surface area contributed by atoms with Crippen molar-refractivity contribution in [2.75, 3.05) is 18.8 Å². The minimum Gasteiger partial charge on any atom is -0.382 e. The summed E-state index contributed by atoms with van der Waals surface area (Å²) in [6.45, 7) is 5.12. The van der Waals surface area contributed by atoms with E-state index in [4.69, 9.17) is 5.73 Å². The molecule has 2 aromatic carbocycles. The molecule has 1 aromatic heterocycles. The molecule has 7 heteroatoms. The number of fused-ring (bicyclic) bond motifs is 1. The van der Waals surface area contributed by atoms with Crippen LogP contribution in [0.15, 0.2) is 53.4 Å². The summed E-state index contributed by atoms with van der Waals surface area (Å²) in [5.41, 5.74) is 7.88. The second-order valence-electron chi connectivity index (χ2n) is 5.79. The molecule has 25 heavy (non-hydrogen) atoms. The van der Waals surface area contributed by atoms with Crippen LogP contribution in [0.5, 0.6) is 0 Å². The van der Waals surface area contributed by atoms with Gasteiger partial charge in [0.1, 0.15) is 0 Å². The van der Waals surface area contributed by atoms with Crippen molar-refractivity contribution in [3.8, 4) is 0 Å². The molecule has 0 aliphatic heterocycles. The first kappa shape index (κ1) is 17.4. The Kier molecular flexibility index (Phi) is 4.78. The van der Waals surface area contributed by atoms with E-state index in [1.54, 1.807) is 12.1 Å². The quantitative estimate of drug-likeness (QED) is 0.734. The molecule has 0 aliphatic carbocycles. The minimum absolute atomic E-state index is 0.310. The summed E-state index contributed by atoms with van der Waals surface area (Å²) in [6, 6.07) is 14.7. The van der Waals surface area contributed by atoms with Gasteiger partial charge in [-0.3, -0.25) is 4.68 Å². The van der Waals surface area contributed by atoms with Gasteiger partial charge in [0.2, 0.25) is 10.0 Å². The van der Waals surface area contributed by atoms with Crippen molar-refractivity contribution < 1.29 is 8.42 Å². The van der Waals surface area contributed by atoms with Gasteiger partial charge in [0, 0.05) is 18.5 Å². The monoisotopic (exact) mass is 358 g/mol. The van der Waals surface area contributed by atoms with Gasteiger partial charge in [-0.25, -0.2) is 8.42 Å². The highest BCUT2D eigenvalue weighted by Crippen LogP contribution is 2.22. The molecule has 0 spiro atoms. The number of hydrogen-bond acceptors (Lipinski definition) is 4. The van der Waals surface area contributed by atoms with Gasteiger partial charge in [0.05, 0.1) is 17.0 Å². The van der Waals surface area contributed by atoms with Crippen molar-refractivity contribution in [3.63, 3.8) is 0 Å². The van der Waals surface area contributed by atoms with Gasteiger partial charge in [-0.15, -0.1) is 0 Å². The second kappa shape index (κ2) is 6.85. The van der Waals surface area contributed by atoms with Crippen molar-refractivity contribution in [2.24, 2.45) is 0 Å². The zero-order chi connectivity index (χ0) is 18.0. The van der Waals surface area contributed by atoms with Crippen molar-refractivity contribution >= 4 is 26.7 Å². The van der Waals surface area contributed by atoms with E-state index in [1.807, 2.05) is 54.9 Å². The SMILES string of the molecule is CCN(CC)S(=O)(=O)c1ccc(Cn2nc(N)c3ccccc32)cc1. The zero-order valence-corrected chi connectivity index (χ0v) is 15.2. The van der Waals surface area contributed by atoms with Crippen LogP contribution in [0.4, 0.5) is 5.82 Å². The van der Waals surface area contributed by atoms with Crippen LogP contribution in [0.2, 0.25) is 0 Å². The molecule has 0 fully saturated rings. The summed E-state index contributed by atoms with van der Waals surface area (Å²) in [4.78, 5) is 0.310. The average molecular weight is 358 g/mol. The van der Waals surface area contributed by atoms with Crippen LogP contribution in [-0.4, -0.2) is 35.6 Å². The van der Waals surface area contributed by atoms with E-state index in [0.29, 0.717) is 30.3 Å². The Bertz CT molecular complexity index is 974. The number of benzene rings is 2. The highest BCUT2D eigenvalue weighted by atomic mass is 32.2. The molecule has 0 unspecified atom stereocenters. The lowest BCUT2D eigenvalue weighted by molar-refractivity contribution is 0.445. The summed E-state index contributed by atoms with van der Waals surface area (Å²) >= 11 is 0. The zero-order valence-electron chi connectivity index (χ0n) is 14.4. The molecule has 132 valence electrons. The van der Waals surface area contributed by atoms with Crippen LogP contribution < -0.4 is 5.73 Å². The molecule has 0 aliphatic rings. The van der Waals surface area contributed by atoms with Gasteiger partial charge < -0.3 is 5.73 Å². The van der Waals surface area contributed by atoms with E-state index in [9.17, 15) is 8.42 Å². The largest absolute Gasteiger partial charge is 0.382 e. The highest BCUT2D eigenvalue weighted by molar-refractivity contribution is 7.89.